The summed E-state index contributed by atoms with van der Waals surface area (Å²) in [7, 11) is 0. The molecular formula is C15H20FNO3. The maximum absolute atomic E-state index is 13.8. The van der Waals surface area contributed by atoms with Crippen LogP contribution in [0, 0.1) is 5.82 Å². The fourth-order valence-corrected chi connectivity index (χ4v) is 2.70. The van der Waals surface area contributed by atoms with E-state index in [9.17, 15) is 14.3 Å². The van der Waals surface area contributed by atoms with Gasteiger partial charge in [0.2, 0.25) is 0 Å². The van der Waals surface area contributed by atoms with Crippen LogP contribution in [0.15, 0.2) is 18.2 Å². The molecule has 1 aromatic carbocycles. The Kier molecular flexibility index (Phi) is 4.60. The maximum Gasteiger partial charge on any atom is 0.337 e. The van der Waals surface area contributed by atoms with E-state index in [0.29, 0.717) is 12.8 Å². The van der Waals surface area contributed by atoms with Crippen molar-refractivity contribution in [2.45, 2.75) is 44.1 Å². The fourth-order valence-electron chi connectivity index (χ4n) is 2.70. The molecule has 1 aliphatic rings. The number of hydrogen-bond donors (Lipinski definition) is 3. The Morgan fingerprint density at radius 1 is 1.25 bits per heavy atom. The molecule has 1 saturated carbocycles. The topological polar surface area (TPSA) is 69.6 Å². The highest BCUT2D eigenvalue weighted by Gasteiger charge is 2.28. The summed E-state index contributed by atoms with van der Waals surface area (Å²) in [5, 5.41) is 22.4. The molecule has 20 heavy (non-hydrogen) atoms. The normalized spacial score (nSPS) is 18.3. The molecule has 0 unspecified atom stereocenters. The molecule has 3 N–H and O–H groups in total. The van der Waals surface area contributed by atoms with Gasteiger partial charge in [0.25, 0.3) is 0 Å². The first kappa shape index (κ1) is 14.8. The standard InChI is InChI=1S/C15H20FNO3/c16-12-7-5-6-11(14(18)19)13(12)17-10-15(20)8-3-1-2-4-9-15/h5-7,17,20H,1-4,8-10H2,(H,18,19). The van der Waals surface area contributed by atoms with Gasteiger partial charge >= 0.3 is 5.97 Å². The molecule has 0 radical (unpaired) electrons. The van der Waals surface area contributed by atoms with Crippen LogP contribution in [0.25, 0.3) is 0 Å². The van der Waals surface area contributed by atoms with Crippen LogP contribution in [0.1, 0.15) is 48.9 Å². The summed E-state index contributed by atoms with van der Waals surface area (Å²) in [4.78, 5) is 11.1. The summed E-state index contributed by atoms with van der Waals surface area (Å²) in [6.45, 7) is 0.175. The molecule has 2 rings (SSSR count). The van der Waals surface area contributed by atoms with Crippen LogP contribution >= 0.6 is 0 Å². The van der Waals surface area contributed by atoms with Gasteiger partial charge in [0.05, 0.1) is 16.9 Å². The van der Waals surface area contributed by atoms with Crippen LogP contribution in [-0.4, -0.2) is 28.3 Å². The SMILES string of the molecule is O=C(O)c1cccc(F)c1NCC1(O)CCCCCC1. The summed E-state index contributed by atoms with van der Waals surface area (Å²) in [5.74, 6) is -1.79. The van der Waals surface area contributed by atoms with Crippen LogP contribution in [0.3, 0.4) is 0 Å². The molecule has 0 saturated heterocycles. The van der Waals surface area contributed by atoms with E-state index in [1.54, 1.807) is 0 Å². The number of rotatable bonds is 4. The molecule has 0 atom stereocenters. The number of aliphatic hydroxyl groups is 1. The first-order valence-corrected chi connectivity index (χ1v) is 7.00. The summed E-state index contributed by atoms with van der Waals surface area (Å²) in [6, 6.07) is 3.93. The van der Waals surface area contributed by atoms with Gasteiger partial charge in [0.15, 0.2) is 0 Å². The van der Waals surface area contributed by atoms with Crippen molar-refractivity contribution in [1.82, 2.24) is 0 Å². The van der Waals surface area contributed by atoms with Gasteiger partial charge < -0.3 is 15.5 Å². The Hall–Kier alpha value is -1.62. The fraction of sp³-hybridized carbons (Fsp3) is 0.533. The van der Waals surface area contributed by atoms with Crippen LogP contribution in [-0.2, 0) is 0 Å². The van der Waals surface area contributed by atoms with Crippen LogP contribution in [0.4, 0.5) is 10.1 Å². The van der Waals surface area contributed by atoms with Crippen molar-refractivity contribution in [3.8, 4) is 0 Å². The van der Waals surface area contributed by atoms with Gasteiger partial charge in [-0.15, -0.1) is 0 Å². The van der Waals surface area contributed by atoms with Crippen molar-refractivity contribution in [2.75, 3.05) is 11.9 Å². The third kappa shape index (κ3) is 3.48. The molecule has 0 aliphatic heterocycles. The number of carbonyl (C=O) groups is 1. The van der Waals surface area contributed by atoms with Crippen molar-refractivity contribution in [3.05, 3.63) is 29.6 Å². The third-order valence-electron chi connectivity index (χ3n) is 3.87. The predicted molar refractivity (Wildman–Crippen MR) is 74.5 cm³/mol. The Bertz CT molecular complexity index is 482. The number of carboxylic acid groups (broad SMARTS) is 1. The Morgan fingerprint density at radius 2 is 1.90 bits per heavy atom. The van der Waals surface area contributed by atoms with Gasteiger partial charge in [0, 0.05) is 6.54 Å². The van der Waals surface area contributed by atoms with Gasteiger partial charge in [-0.3, -0.25) is 0 Å². The molecule has 1 aliphatic carbocycles. The molecule has 1 aromatic rings. The molecule has 0 amide bonds. The monoisotopic (exact) mass is 281 g/mol. The minimum absolute atomic E-state index is 0.0438. The van der Waals surface area contributed by atoms with Crippen LogP contribution < -0.4 is 5.32 Å². The smallest absolute Gasteiger partial charge is 0.337 e. The summed E-state index contributed by atoms with van der Waals surface area (Å²) in [6.07, 6.45) is 5.42. The average molecular weight is 281 g/mol. The quantitative estimate of drug-likeness (QED) is 0.742. The highest BCUT2D eigenvalue weighted by Crippen LogP contribution is 2.28. The average Bonchev–Trinajstić information content (AvgIpc) is 2.62. The Morgan fingerprint density at radius 3 is 2.50 bits per heavy atom. The zero-order valence-electron chi connectivity index (χ0n) is 11.4. The van der Waals surface area contributed by atoms with E-state index < -0.39 is 17.4 Å². The maximum atomic E-state index is 13.8. The molecule has 5 heteroatoms. The van der Waals surface area contributed by atoms with E-state index >= 15 is 0 Å². The summed E-state index contributed by atoms with van der Waals surface area (Å²) in [5.41, 5.74) is -1.03. The van der Waals surface area contributed by atoms with E-state index in [1.807, 2.05) is 0 Å². The van der Waals surface area contributed by atoms with E-state index in [4.69, 9.17) is 5.11 Å². The number of aromatic carboxylic acids is 1. The first-order valence-electron chi connectivity index (χ1n) is 7.00. The van der Waals surface area contributed by atoms with Gasteiger partial charge in [-0.05, 0) is 25.0 Å². The number of hydrogen-bond acceptors (Lipinski definition) is 3. The van der Waals surface area contributed by atoms with Crippen molar-refractivity contribution >= 4 is 11.7 Å². The molecule has 0 bridgehead atoms. The van der Waals surface area contributed by atoms with E-state index in [2.05, 4.69) is 5.32 Å². The number of halogens is 1. The van der Waals surface area contributed by atoms with E-state index in [1.165, 1.54) is 18.2 Å². The molecule has 110 valence electrons. The highest BCUT2D eigenvalue weighted by molar-refractivity contribution is 5.94. The van der Waals surface area contributed by atoms with Gasteiger partial charge in [-0.25, -0.2) is 9.18 Å². The summed E-state index contributed by atoms with van der Waals surface area (Å²) >= 11 is 0. The van der Waals surface area contributed by atoms with Gasteiger partial charge in [-0.2, -0.15) is 0 Å². The number of nitrogens with one attached hydrogen (secondary N) is 1. The van der Waals surface area contributed by atoms with E-state index in [0.717, 1.165) is 25.7 Å². The number of carboxylic acids is 1. The predicted octanol–water partition coefficient (Wildman–Crippen LogP) is 3.02. The molecule has 1 fully saturated rings. The van der Waals surface area contributed by atoms with Gasteiger partial charge in [0.1, 0.15) is 5.82 Å². The molecule has 0 aromatic heterocycles. The van der Waals surface area contributed by atoms with E-state index in [-0.39, 0.29) is 17.8 Å². The Labute approximate surface area is 117 Å². The molecular weight excluding hydrogens is 261 g/mol. The van der Waals surface area contributed by atoms with Crippen LogP contribution in [0.5, 0.6) is 0 Å². The molecule has 0 heterocycles. The Balaban J connectivity index is 2.12. The van der Waals surface area contributed by atoms with Crippen molar-refractivity contribution in [2.24, 2.45) is 0 Å². The zero-order valence-corrected chi connectivity index (χ0v) is 11.4. The second-order valence-corrected chi connectivity index (χ2v) is 5.46. The van der Waals surface area contributed by atoms with Crippen LogP contribution in [0.2, 0.25) is 0 Å². The van der Waals surface area contributed by atoms with Crippen molar-refractivity contribution < 1.29 is 19.4 Å². The highest BCUT2D eigenvalue weighted by atomic mass is 19.1. The second-order valence-electron chi connectivity index (χ2n) is 5.46. The number of anilines is 1. The number of benzene rings is 1. The zero-order chi connectivity index (χ0) is 14.6. The lowest BCUT2D eigenvalue weighted by atomic mass is 9.94. The lowest BCUT2D eigenvalue weighted by Gasteiger charge is -2.27. The van der Waals surface area contributed by atoms with Gasteiger partial charge in [-0.1, -0.05) is 31.7 Å². The lowest BCUT2D eigenvalue weighted by molar-refractivity contribution is 0.0379. The largest absolute Gasteiger partial charge is 0.478 e. The molecule has 4 nitrogen and oxygen atoms in total. The minimum atomic E-state index is -1.18. The summed E-state index contributed by atoms with van der Waals surface area (Å²) < 4.78 is 13.8. The molecule has 0 spiro atoms. The van der Waals surface area contributed by atoms with Crippen molar-refractivity contribution in [3.63, 3.8) is 0 Å². The lowest BCUT2D eigenvalue weighted by Crippen LogP contribution is -2.36. The van der Waals surface area contributed by atoms with Crippen molar-refractivity contribution in [1.29, 1.82) is 0 Å². The minimum Gasteiger partial charge on any atom is -0.478 e. The third-order valence-corrected chi connectivity index (χ3v) is 3.87. The number of para-hydroxylation sites is 1. The second kappa shape index (κ2) is 6.22. The first-order chi connectivity index (χ1) is 9.52.